The van der Waals surface area contributed by atoms with Gasteiger partial charge in [0.15, 0.2) is 0 Å². The summed E-state index contributed by atoms with van der Waals surface area (Å²) < 4.78 is 14.1. The Kier molecular flexibility index (Phi) is 5.17. The summed E-state index contributed by atoms with van der Waals surface area (Å²) in [5.41, 5.74) is 1.20. The second-order valence-corrected chi connectivity index (χ2v) is 5.14. The number of benzene rings is 1. The smallest absolute Gasteiger partial charge is 0.148 e. The quantitative estimate of drug-likeness (QED) is 0.728. The van der Waals surface area contributed by atoms with Gasteiger partial charge in [-0.15, -0.1) is 0 Å². The molecule has 112 valence electrons. The van der Waals surface area contributed by atoms with Crippen LogP contribution in [0.2, 0.25) is 0 Å². The van der Waals surface area contributed by atoms with Gasteiger partial charge in [-0.2, -0.15) is 0 Å². The lowest BCUT2D eigenvalue weighted by Gasteiger charge is -2.35. The van der Waals surface area contributed by atoms with Crippen LogP contribution < -0.4 is 10.2 Å². The van der Waals surface area contributed by atoms with E-state index in [0.29, 0.717) is 11.4 Å². The number of halogens is 1. The SMILES string of the molecule is CN1CCN(c2c(F)cccc2NCC(O)CO)CC1. The van der Waals surface area contributed by atoms with Gasteiger partial charge in [0.2, 0.25) is 0 Å². The highest BCUT2D eigenvalue weighted by Crippen LogP contribution is 2.29. The van der Waals surface area contributed by atoms with Crippen molar-refractivity contribution >= 4 is 11.4 Å². The van der Waals surface area contributed by atoms with Gasteiger partial charge in [0, 0.05) is 32.7 Å². The van der Waals surface area contributed by atoms with Crippen LogP contribution in [0.25, 0.3) is 0 Å². The van der Waals surface area contributed by atoms with E-state index in [4.69, 9.17) is 5.11 Å². The monoisotopic (exact) mass is 283 g/mol. The van der Waals surface area contributed by atoms with Crippen molar-refractivity contribution in [3.8, 4) is 0 Å². The number of hydrogen-bond acceptors (Lipinski definition) is 5. The van der Waals surface area contributed by atoms with Crippen molar-refractivity contribution in [2.45, 2.75) is 6.10 Å². The number of anilines is 2. The van der Waals surface area contributed by atoms with Gasteiger partial charge in [0.05, 0.1) is 24.1 Å². The molecule has 3 N–H and O–H groups in total. The molecule has 1 aromatic rings. The van der Waals surface area contributed by atoms with Crippen LogP contribution in [-0.2, 0) is 0 Å². The molecule has 1 aliphatic rings. The predicted molar refractivity (Wildman–Crippen MR) is 77.7 cm³/mol. The Morgan fingerprint density at radius 3 is 2.65 bits per heavy atom. The summed E-state index contributed by atoms with van der Waals surface area (Å²) in [6.45, 7) is 3.22. The van der Waals surface area contributed by atoms with Crippen LogP contribution >= 0.6 is 0 Å². The van der Waals surface area contributed by atoms with Gasteiger partial charge >= 0.3 is 0 Å². The van der Waals surface area contributed by atoms with Crippen LogP contribution in [0, 0.1) is 5.82 Å². The van der Waals surface area contributed by atoms with Crippen molar-refractivity contribution in [3.63, 3.8) is 0 Å². The number of nitrogens with one attached hydrogen (secondary N) is 1. The molecule has 1 saturated heterocycles. The molecule has 1 aliphatic heterocycles. The van der Waals surface area contributed by atoms with Crippen molar-refractivity contribution in [2.24, 2.45) is 0 Å². The van der Waals surface area contributed by atoms with Crippen molar-refractivity contribution in [1.82, 2.24) is 4.90 Å². The van der Waals surface area contributed by atoms with Gasteiger partial charge in [0.1, 0.15) is 5.82 Å². The van der Waals surface area contributed by atoms with Crippen LogP contribution in [0.15, 0.2) is 18.2 Å². The molecule has 1 fully saturated rings. The van der Waals surface area contributed by atoms with E-state index in [1.807, 2.05) is 4.90 Å². The van der Waals surface area contributed by atoms with E-state index in [-0.39, 0.29) is 19.0 Å². The third-order valence-electron chi connectivity index (χ3n) is 3.55. The summed E-state index contributed by atoms with van der Waals surface area (Å²) in [6.07, 6.45) is -0.849. The minimum absolute atomic E-state index is 0.195. The van der Waals surface area contributed by atoms with Crippen LogP contribution in [0.3, 0.4) is 0 Å². The normalized spacial score (nSPS) is 18.1. The van der Waals surface area contributed by atoms with E-state index in [2.05, 4.69) is 17.3 Å². The van der Waals surface area contributed by atoms with E-state index in [1.165, 1.54) is 6.07 Å². The number of nitrogens with zero attached hydrogens (tertiary/aromatic N) is 2. The molecule has 0 amide bonds. The van der Waals surface area contributed by atoms with Gasteiger partial charge < -0.3 is 25.3 Å². The highest BCUT2D eigenvalue weighted by atomic mass is 19.1. The van der Waals surface area contributed by atoms with E-state index in [9.17, 15) is 9.50 Å². The van der Waals surface area contributed by atoms with Crippen molar-refractivity contribution in [1.29, 1.82) is 0 Å². The summed E-state index contributed by atoms with van der Waals surface area (Å²) in [5.74, 6) is -0.266. The number of likely N-dealkylation sites (N-methyl/N-ethyl adjacent to an activating group) is 1. The van der Waals surface area contributed by atoms with Gasteiger partial charge in [0.25, 0.3) is 0 Å². The second kappa shape index (κ2) is 6.88. The van der Waals surface area contributed by atoms with E-state index >= 15 is 0 Å². The Morgan fingerprint density at radius 1 is 1.30 bits per heavy atom. The maximum atomic E-state index is 14.1. The fourth-order valence-electron chi connectivity index (χ4n) is 2.30. The molecule has 6 heteroatoms. The Balaban J connectivity index is 2.13. The van der Waals surface area contributed by atoms with Crippen LogP contribution in [0.1, 0.15) is 0 Å². The number of aliphatic hydroxyl groups is 2. The molecule has 1 unspecified atom stereocenters. The predicted octanol–water partition coefficient (Wildman–Crippen LogP) is 0.343. The zero-order valence-electron chi connectivity index (χ0n) is 11.7. The van der Waals surface area contributed by atoms with Crippen molar-refractivity contribution in [2.75, 3.05) is 56.6 Å². The Bertz CT molecular complexity index is 436. The molecule has 1 aromatic carbocycles. The molecule has 1 heterocycles. The fraction of sp³-hybridized carbons (Fsp3) is 0.571. The second-order valence-electron chi connectivity index (χ2n) is 5.14. The van der Waals surface area contributed by atoms with Crippen molar-refractivity contribution in [3.05, 3.63) is 24.0 Å². The third-order valence-corrected chi connectivity index (χ3v) is 3.55. The van der Waals surface area contributed by atoms with Gasteiger partial charge in [-0.25, -0.2) is 4.39 Å². The molecule has 0 aromatic heterocycles. The summed E-state index contributed by atoms with van der Waals surface area (Å²) in [4.78, 5) is 4.23. The molecule has 0 bridgehead atoms. The fourth-order valence-corrected chi connectivity index (χ4v) is 2.30. The van der Waals surface area contributed by atoms with Crippen molar-refractivity contribution < 1.29 is 14.6 Å². The molecule has 20 heavy (non-hydrogen) atoms. The Hall–Kier alpha value is -1.37. The summed E-state index contributed by atoms with van der Waals surface area (Å²) in [6, 6.07) is 4.88. The Labute approximate surface area is 118 Å². The largest absolute Gasteiger partial charge is 0.394 e. The van der Waals surface area contributed by atoms with E-state index < -0.39 is 6.10 Å². The molecule has 0 spiro atoms. The number of piperazine rings is 1. The lowest BCUT2D eigenvalue weighted by Crippen LogP contribution is -2.45. The number of aliphatic hydroxyl groups excluding tert-OH is 2. The zero-order valence-corrected chi connectivity index (χ0v) is 11.7. The average molecular weight is 283 g/mol. The minimum atomic E-state index is -0.849. The van der Waals surface area contributed by atoms with E-state index in [0.717, 1.165) is 26.2 Å². The number of para-hydroxylation sites is 1. The molecule has 1 atom stereocenters. The Morgan fingerprint density at radius 2 is 2.00 bits per heavy atom. The highest BCUT2D eigenvalue weighted by Gasteiger charge is 2.20. The third kappa shape index (κ3) is 3.59. The lowest BCUT2D eigenvalue weighted by molar-refractivity contribution is 0.105. The first-order chi connectivity index (χ1) is 9.61. The maximum Gasteiger partial charge on any atom is 0.148 e. The summed E-state index contributed by atoms with van der Waals surface area (Å²) in [7, 11) is 2.05. The highest BCUT2D eigenvalue weighted by molar-refractivity contribution is 5.71. The van der Waals surface area contributed by atoms with Crippen LogP contribution in [0.5, 0.6) is 0 Å². The first-order valence-electron chi connectivity index (χ1n) is 6.86. The van der Waals surface area contributed by atoms with Crippen LogP contribution in [0.4, 0.5) is 15.8 Å². The molecule has 2 rings (SSSR count). The number of rotatable bonds is 5. The molecule has 0 saturated carbocycles. The zero-order chi connectivity index (χ0) is 14.5. The van der Waals surface area contributed by atoms with Gasteiger partial charge in [-0.3, -0.25) is 0 Å². The first-order valence-corrected chi connectivity index (χ1v) is 6.86. The molecule has 5 nitrogen and oxygen atoms in total. The molecular formula is C14H22FN3O2. The van der Waals surface area contributed by atoms with Crippen LogP contribution in [-0.4, -0.2) is 67.6 Å². The molecular weight excluding hydrogens is 261 g/mol. The van der Waals surface area contributed by atoms with Gasteiger partial charge in [-0.05, 0) is 19.2 Å². The summed E-state index contributed by atoms with van der Waals surface area (Å²) in [5, 5.41) is 21.2. The lowest BCUT2D eigenvalue weighted by atomic mass is 10.2. The topological polar surface area (TPSA) is 59.0 Å². The first kappa shape index (κ1) is 15.0. The average Bonchev–Trinajstić information content (AvgIpc) is 2.46. The summed E-state index contributed by atoms with van der Waals surface area (Å²) >= 11 is 0. The number of hydrogen-bond donors (Lipinski definition) is 3. The molecule has 0 radical (unpaired) electrons. The van der Waals surface area contributed by atoms with E-state index in [1.54, 1.807) is 12.1 Å². The van der Waals surface area contributed by atoms with Gasteiger partial charge in [-0.1, -0.05) is 6.07 Å². The minimum Gasteiger partial charge on any atom is -0.394 e. The maximum absolute atomic E-state index is 14.1. The standard InChI is InChI=1S/C14H22FN3O2/c1-17-5-7-18(8-6-17)14-12(15)3-2-4-13(14)16-9-11(20)10-19/h2-4,11,16,19-20H,5-10H2,1H3. The molecule has 0 aliphatic carbocycles.